The largest absolute Gasteiger partial charge is 0.507 e. The summed E-state index contributed by atoms with van der Waals surface area (Å²) in [5, 5.41) is 27.7. The number of benzene rings is 3. The molecule has 0 unspecified atom stereocenters. The monoisotopic (exact) mass is 599 g/mol. The van der Waals surface area contributed by atoms with E-state index in [1.807, 2.05) is 15.9 Å². The van der Waals surface area contributed by atoms with Crippen LogP contribution in [0.25, 0.3) is 10.8 Å². The molecule has 0 aliphatic carbocycles. The van der Waals surface area contributed by atoms with E-state index in [4.69, 9.17) is 37.9 Å². The molecule has 3 heterocycles. The summed E-state index contributed by atoms with van der Waals surface area (Å²) < 4.78 is 0. The molecule has 44 heavy (non-hydrogen) atoms. The number of carbonyl (C=O) groups is 1. The average Bonchev–Trinajstić information content (AvgIpc) is 2.96. The first-order valence-corrected chi connectivity index (χ1v) is 14.5. The summed E-state index contributed by atoms with van der Waals surface area (Å²) >= 11 is 0. The number of hydrogen-bond donors (Lipinski definition) is 8. The van der Waals surface area contributed by atoms with Crippen LogP contribution in [-0.2, 0) is 0 Å². The second-order valence-corrected chi connectivity index (χ2v) is 11.6. The number of carbonyl (C=O) groups excluding carboxylic acids is 1. The number of amides is 1. The summed E-state index contributed by atoms with van der Waals surface area (Å²) in [6.07, 6.45) is 1.43. The van der Waals surface area contributed by atoms with Crippen LogP contribution in [0, 0.1) is 0 Å². The number of fused-ring (bicyclic) bond motifs is 1. The predicted molar refractivity (Wildman–Crippen MR) is 170 cm³/mol. The third-order valence-electron chi connectivity index (χ3n) is 7.80. The Bertz CT molecular complexity index is 1620. The molecule has 1 aromatic heterocycles. The number of hydrogen-bond acceptors (Lipinski definition) is 13. The fourth-order valence-electron chi connectivity index (χ4n) is 5.86. The Morgan fingerprint density at radius 1 is 0.727 bits per heavy atom. The number of phenols is 2. The minimum absolute atomic E-state index is 0.0186. The number of aromatic nitrogens is 3. The first-order chi connectivity index (χ1) is 21.1. The normalized spacial score (nSPS) is 22.2. The molecule has 4 aromatic rings. The van der Waals surface area contributed by atoms with Gasteiger partial charge in [0, 0.05) is 67.1 Å². The van der Waals surface area contributed by atoms with E-state index in [2.05, 4.69) is 10.6 Å². The zero-order chi connectivity index (χ0) is 31.0. The van der Waals surface area contributed by atoms with Crippen molar-refractivity contribution in [3.63, 3.8) is 0 Å². The van der Waals surface area contributed by atoms with E-state index in [0.717, 1.165) is 0 Å². The highest BCUT2D eigenvalue weighted by Gasteiger charge is 2.29. The molecule has 0 spiro atoms. The fraction of sp³-hybridized carbons (Fsp3) is 0.333. The first kappa shape index (κ1) is 29.3. The Balaban J connectivity index is 1.26. The Hall–Kier alpha value is -4.76. The zero-order valence-electron chi connectivity index (χ0n) is 24.1. The molecule has 14 heteroatoms. The molecular weight excluding hydrogens is 562 g/mol. The predicted octanol–water partition coefficient (Wildman–Crippen LogP) is 1.16. The van der Waals surface area contributed by atoms with Gasteiger partial charge in [-0.2, -0.15) is 15.0 Å². The van der Waals surface area contributed by atoms with Crippen molar-refractivity contribution in [2.24, 2.45) is 22.9 Å². The Morgan fingerprint density at radius 3 is 1.91 bits per heavy atom. The van der Waals surface area contributed by atoms with Gasteiger partial charge in [-0.1, -0.05) is 18.2 Å². The van der Waals surface area contributed by atoms with Crippen molar-refractivity contribution in [2.45, 2.75) is 37.0 Å². The van der Waals surface area contributed by atoms with Gasteiger partial charge in [-0.05, 0) is 54.6 Å². The van der Waals surface area contributed by atoms with Gasteiger partial charge in [0.05, 0.1) is 5.56 Å². The zero-order valence-corrected chi connectivity index (χ0v) is 24.1. The number of rotatable bonds is 6. The topological polar surface area (TPSA) is 231 Å². The van der Waals surface area contributed by atoms with Crippen LogP contribution in [-0.4, -0.2) is 81.4 Å². The van der Waals surface area contributed by atoms with Crippen LogP contribution in [0.2, 0.25) is 0 Å². The standard InChI is InChI=1S/C30H37N11O3/c31-17-8-18(32)13-40(12-17)29-37-28(38-30(39-29)41-14-19(33)9-20(34)15-41)36-22-5-2-4-21(10-22)35-27(44)24-7-16-3-1-6-25(42)23(16)11-26(24)43/h1-7,10-11,17-20,42-43H,8-9,12-15,31-34H2,(H,35,44)(H,36,37,38,39)/t17-,18+,19-,20+. The van der Waals surface area contributed by atoms with Crippen molar-refractivity contribution in [3.8, 4) is 11.5 Å². The molecule has 230 valence electrons. The SMILES string of the molecule is N[C@@H]1C[C@H](N)CN(c2nc(Nc3cccc(NC(=O)c4cc5cccc(O)c5cc4O)c3)nc(N3C[C@H](N)C[C@H](N)C3)n2)C1. The van der Waals surface area contributed by atoms with Crippen LogP contribution >= 0.6 is 0 Å². The minimum Gasteiger partial charge on any atom is -0.507 e. The summed E-state index contributed by atoms with van der Waals surface area (Å²) in [7, 11) is 0. The van der Waals surface area contributed by atoms with Crippen LogP contribution in [0.4, 0.5) is 29.2 Å². The molecule has 6 rings (SSSR count). The molecule has 12 N–H and O–H groups in total. The van der Waals surface area contributed by atoms with Gasteiger partial charge in [0.2, 0.25) is 17.8 Å². The van der Waals surface area contributed by atoms with Gasteiger partial charge in [0.25, 0.3) is 5.91 Å². The highest BCUT2D eigenvalue weighted by atomic mass is 16.3. The van der Waals surface area contributed by atoms with Crippen molar-refractivity contribution in [2.75, 3.05) is 46.6 Å². The van der Waals surface area contributed by atoms with Gasteiger partial charge >= 0.3 is 0 Å². The van der Waals surface area contributed by atoms with E-state index in [1.165, 1.54) is 18.2 Å². The maximum Gasteiger partial charge on any atom is 0.259 e. The molecule has 2 aliphatic rings. The lowest BCUT2D eigenvalue weighted by molar-refractivity contribution is 0.102. The third kappa shape index (κ3) is 6.43. The van der Waals surface area contributed by atoms with E-state index >= 15 is 0 Å². The molecule has 0 saturated carbocycles. The van der Waals surface area contributed by atoms with Crippen molar-refractivity contribution >= 4 is 45.9 Å². The smallest absolute Gasteiger partial charge is 0.259 e. The quantitative estimate of drug-likeness (QED) is 0.156. The molecule has 14 nitrogen and oxygen atoms in total. The molecule has 2 aliphatic heterocycles. The number of nitrogens with two attached hydrogens (primary N) is 4. The molecule has 3 aromatic carbocycles. The second-order valence-electron chi connectivity index (χ2n) is 11.6. The number of nitrogens with zero attached hydrogens (tertiary/aromatic N) is 5. The van der Waals surface area contributed by atoms with E-state index < -0.39 is 5.91 Å². The summed E-state index contributed by atoms with van der Waals surface area (Å²) in [4.78, 5) is 31.2. The van der Waals surface area contributed by atoms with Crippen molar-refractivity contribution < 1.29 is 15.0 Å². The maximum atomic E-state index is 13.1. The lowest BCUT2D eigenvalue weighted by Crippen LogP contribution is -2.54. The fourth-order valence-corrected chi connectivity index (χ4v) is 5.86. The molecule has 2 fully saturated rings. The molecule has 0 radical (unpaired) electrons. The van der Waals surface area contributed by atoms with Gasteiger partial charge in [-0.25, -0.2) is 0 Å². The molecule has 1 amide bonds. The number of phenolic OH excluding ortho intramolecular Hbond substituents is 2. The Morgan fingerprint density at radius 2 is 1.30 bits per heavy atom. The van der Waals surface area contributed by atoms with Gasteiger partial charge in [-0.3, -0.25) is 4.79 Å². The lowest BCUT2D eigenvalue weighted by atomic mass is 10.0. The number of nitrogens with one attached hydrogen (secondary N) is 2. The molecule has 0 bridgehead atoms. The van der Waals surface area contributed by atoms with Gasteiger partial charge in [0.15, 0.2) is 0 Å². The molecule has 4 atom stereocenters. The van der Waals surface area contributed by atoms with Gasteiger partial charge < -0.3 is 53.6 Å². The minimum atomic E-state index is -0.509. The highest BCUT2D eigenvalue weighted by molar-refractivity contribution is 6.09. The van der Waals surface area contributed by atoms with Crippen LogP contribution in [0.1, 0.15) is 23.2 Å². The number of aromatic hydroxyl groups is 2. The number of piperidine rings is 2. The van der Waals surface area contributed by atoms with Crippen LogP contribution in [0.5, 0.6) is 11.5 Å². The summed E-state index contributed by atoms with van der Waals surface area (Å²) in [5.41, 5.74) is 26.2. The van der Waals surface area contributed by atoms with Gasteiger partial charge in [-0.15, -0.1) is 0 Å². The molecular formula is C30H37N11O3. The molecule has 2 saturated heterocycles. The van der Waals surface area contributed by atoms with E-state index in [-0.39, 0.29) is 41.2 Å². The lowest BCUT2D eigenvalue weighted by Gasteiger charge is -2.37. The van der Waals surface area contributed by atoms with Crippen molar-refractivity contribution in [3.05, 3.63) is 60.2 Å². The van der Waals surface area contributed by atoms with Crippen LogP contribution in [0.15, 0.2) is 54.6 Å². The first-order valence-electron chi connectivity index (χ1n) is 14.5. The van der Waals surface area contributed by atoms with Crippen molar-refractivity contribution in [1.29, 1.82) is 0 Å². The van der Waals surface area contributed by atoms with Gasteiger partial charge in [0.1, 0.15) is 11.5 Å². The average molecular weight is 600 g/mol. The number of anilines is 5. The Kier molecular flexibility index (Phi) is 8.05. The maximum absolute atomic E-state index is 13.1. The third-order valence-corrected chi connectivity index (χ3v) is 7.80. The van der Waals surface area contributed by atoms with Crippen LogP contribution < -0.4 is 43.4 Å². The summed E-state index contributed by atoms with van der Waals surface area (Å²) in [5.74, 6) is 0.442. The summed E-state index contributed by atoms with van der Waals surface area (Å²) in [6, 6.07) is 14.4. The summed E-state index contributed by atoms with van der Waals surface area (Å²) in [6.45, 7) is 2.22. The van der Waals surface area contributed by atoms with E-state index in [1.54, 1.807) is 30.3 Å². The second kappa shape index (κ2) is 12.1. The highest BCUT2D eigenvalue weighted by Crippen LogP contribution is 2.32. The van der Waals surface area contributed by atoms with E-state index in [9.17, 15) is 15.0 Å². The van der Waals surface area contributed by atoms with Crippen LogP contribution in [0.3, 0.4) is 0 Å². The Labute approximate surface area is 254 Å². The van der Waals surface area contributed by atoms with Crippen molar-refractivity contribution in [1.82, 2.24) is 15.0 Å². The van der Waals surface area contributed by atoms with E-state index in [0.29, 0.717) is 79.0 Å².